The van der Waals surface area contributed by atoms with Gasteiger partial charge in [-0.05, 0) is 41.8 Å². The largest absolute Gasteiger partial charge is 0.372 e. The summed E-state index contributed by atoms with van der Waals surface area (Å²) in [6, 6.07) is 3.17. The number of thiophene rings is 1. The molecular formula is C14H16FN3OS. The minimum atomic E-state index is -0.528. The third-order valence-corrected chi connectivity index (χ3v) is 3.57. The summed E-state index contributed by atoms with van der Waals surface area (Å²) in [5, 5.41) is 9.69. The van der Waals surface area contributed by atoms with E-state index in [1.807, 2.05) is 23.8 Å². The quantitative estimate of drug-likeness (QED) is 0.891. The van der Waals surface area contributed by atoms with Crippen molar-refractivity contribution in [2.75, 3.05) is 12.4 Å². The Morgan fingerprint density at radius 1 is 1.55 bits per heavy atom. The summed E-state index contributed by atoms with van der Waals surface area (Å²) >= 11 is 1.62. The predicted molar refractivity (Wildman–Crippen MR) is 78.7 cm³/mol. The predicted octanol–water partition coefficient (Wildman–Crippen LogP) is 2.68. The summed E-state index contributed by atoms with van der Waals surface area (Å²) in [5.74, 6) is -0.490. The van der Waals surface area contributed by atoms with E-state index >= 15 is 0 Å². The highest BCUT2D eigenvalue weighted by Gasteiger charge is 2.15. The Bertz CT molecular complexity index is 586. The molecule has 0 aliphatic carbocycles. The molecule has 2 rings (SSSR count). The van der Waals surface area contributed by atoms with Gasteiger partial charge in [-0.1, -0.05) is 0 Å². The first kappa shape index (κ1) is 14.5. The van der Waals surface area contributed by atoms with Crippen LogP contribution in [0.1, 0.15) is 22.8 Å². The number of hydrogen-bond donors (Lipinski definition) is 2. The first-order chi connectivity index (χ1) is 9.60. The highest BCUT2D eigenvalue weighted by atomic mass is 32.1. The van der Waals surface area contributed by atoms with Crippen LogP contribution in [0.25, 0.3) is 0 Å². The van der Waals surface area contributed by atoms with Gasteiger partial charge < -0.3 is 10.6 Å². The molecule has 0 spiro atoms. The van der Waals surface area contributed by atoms with E-state index in [4.69, 9.17) is 0 Å². The van der Waals surface area contributed by atoms with E-state index in [9.17, 15) is 9.18 Å². The van der Waals surface area contributed by atoms with Crippen molar-refractivity contribution in [3.05, 3.63) is 46.0 Å². The van der Waals surface area contributed by atoms with E-state index in [2.05, 4.69) is 15.6 Å². The van der Waals surface area contributed by atoms with Crippen LogP contribution in [0.15, 0.2) is 29.1 Å². The number of hydrogen-bond acceptors (Lipinski definition) is 4. The lowest BCUT2D eigenvalue weighted by atomic mass is 10.1. The summed E-state index contributed by atoms with van der Waals surface area (Å²) in [6.07, 6.45) is 1.82. The first-order valence-electron chi connectivity index (χ1n) is 6.25. The molecule has 2 N–H and O–H groups in total. The molecule has 0 aromatic carbocycles. The van der Waals surface area contributed by atoms with E-state index in [1.165, 1.54) is 11.6 Å². The zero-order chi connectivity index (χ0) is 14.5. The molecule has 0 fully saturated rings. The van der Waals surface area contributed by atoms with Crippen LogP contribution in [0, 0.1) is 5.82 Å². The molecule has 0 aliphatic rings. The second kappa shape index (κ2) is 6.47. The van der Waals surface area contributed by atoms with Crippen LogP contribution in [-0.2, 0) is 6.42 Å². The van der Waals surface area contributed by atoms with Gasteiger partial charge in [0.25, 0.3) is 5.91 Å². The molecule has 0 aliphatic heterocycles. The van der Waals surface area contributed by atoms with Gasteiger partial charge in [-0.15, -0.1) is 0 Å². The molecular weight excluding hydrogens is 277 g/mol. The van der Waals surface area contributed by atoms with Crippen molar-refractivity contribution >= 4 is 23.1 Å². The number of nitrogens with zero attached hydrogens (tertiary/aromatic N) is 1. The van der Waals surface area contributed by atoms with E-state index in [-0.39, 0.29) is 17.5 Å². The summed E-state index contributed by atoms with van der Waals surface area (Å²) in [6.45, 7) is 1.92. The van der Waals surface area contributed by atoms with Crippen LogP contribution in [0.5, 0.6) is 0 Å². The number of pyridine rings is 1. The molecule has 20 heavy (non-hydrogen) atoms. The van der Waals surface area contributed by atoms with Crippen molar-refractivity contribution in [2.45, 2.75) is 19.4 Å². The van der Waals surface area contributed by atoms with Crippen molar-refractivity contribution in [1.29, 1.82) is 0 Å². The van der Waals surface area contributed by atoms with Gasteiger partial charge in [-0.3, -0.25) is 4.79 Å². The van der Waals surface area contributed by atoms with Crippen LogP contribution < -0.4 is 10.6 Å². The lowest BCUT2D eigenvalue weighted by Crippen LogP contribution is -2.34. The topological polar surface area (TPSA) is 54.0 Å². The van der Waals surface area contributed by atoms with Gasteiger partial charge in [0.1, 0.15) is 11.6 Å². The van der Waals surface area contributed by atoms with Gasteiger partial charge in [0, 0.05) is 13.1 Å². The van der Waals surface area contributed by atoms with E-state index < -0.39 is 5.82 Å². The zero-order valence-electron chi connectivity index (χ0n) is 11.3. The van der Waals surface area contributed by atoms with Crippen LogP contribution >= 0.6 is 11.3 Å². The molecule has 2 aromatic rings. The number of rotatable bonds is 5. The van der Waals surface area contributed by atoms with E-state index in [0.717, 1.165) is 12.6 Å². The number of nitrogens with one attached hydrogen (secondary N) is 2. The minimum absolute atomic E-state index is 0.0370. The van der Waals surface area contributed by atoms with Crippen molar-refractivity contribution in [2.24, 2.45) is 0 Å². The summed E-state index contributed by atoms with van der Waals surface area (Å²) < 4.78 is 13.2. The fourth-order valence-electron chi connectivity index (χ4n) is 1.93. The standard InChI is InChI=1S/C14H16FN3OS/c1-9(5-10-3-4-20-8-10)18-14(19)12-6-11(15)7-17-13(12)16-2/h3-4,6-9H,5H2,1-2H3,(H,16,17)(H,18,19). The average molecular weight is 293 g/mol. The number of halogens is 1. The number of anilines is 1. The summed E-state index contributed by atoms with van der Waals surface area (Å²) in [5.41, 5.74) is 1.39. The monoisotopic (exact) mass is 293 g/mol. The van der Waals surface area contributed by atoms with Gasteiger partial charge in [-0.2, -0.15) is 11.3 Å². The fraction of sp³-hybridized carbons (Fsp3) is 0.286. The molecule has 2 aromatic heterocycles. The lowest BCUT2D eigenvalue weighted by molar-refractivity contribution is 0.0940. The maximum atomic E-state index is 13.2. The van der Waals surface area contributed by atoms with Gasteiger partial charge in [0.2, 0.25) is 0 Å². The van der Waals surface area contributed by atoms with Crippen LogP contribution in [-0.4, -0.2) is 24.0 Å². The molecule has 0 bridgehead atoms. The smallest absolute Gasteiger partial charge is 0.255 e. The van der Waals surface area contributed by atoms with Crippen LogP contribution in [0.2, 0.25) is 0 Å². The van der Waals surface area contributed by atoms with Gasteiger partial charge in [0.05, 0.1) is 11.8 Å². The van der Waals surface area contributed by atoms with Crippen LogP contribution in [0.3, 0.4) is 0 Å². The number of carbonyl (C=O) groups excluding carboxylic acids is 1. The summed E-state index contributed by atoms with van der Waals surface area (Å²) in [4.78, 5) is 16.0. The third-order valence-electron chi connectivity index (χ3n) is 2.84. The molecule has 0 saturated carbocycles. The Kier molecular flexibility index (Phi) is 4.68. The van der Waals surface area contributed by atoms with E-state index in [0.29, 0.717) is 5.82 Å². The van der Waals surface area contributed by atoms with Crippen molar-refractivity contribution in [3.8, 4) is 0 Å². The Morgan fingerprint density at radius 2 is 2.35 bits per heavy atom. The van der Waals surface area contributed by atoms with Crippen LogP contribution in [0.4, 0.5) is 10.2 Å². The molecule has 1 unspecified atom stereocenters. The maximum absolute atomic E-state index is 13.2. The Labute approximate surface area is 121 Å². The lowest BCUT2D eigenvalue weighted by Gasteiger charge is -2.14. The molecule has 1 amide bonds. The second-order valence-corrected chi connectivity index (χ2v) is 5.29. The van der Waals surface area contributed by atoms with Gasteiger partial charge in [0.15, 0.2) is 0 Å². The first-order valence-corrected chi connectivity index (χ1v) is 7.19. The second-order valence-electron chi connectivity index (χ2n) is 4.51. The Balaban J connectivity index is 2.06. The van der Waals surface area contributed by atoms with Crippen molar-refractivity contribution in [1.82, 2.24) is 10.3 Å². The van der Waals surface area contributed by atoms with Gasteiger partial charge >= 0.3 is 0 Å². The number of amides is 1. The van der Waals surface area contributed by atoms with Crippen molar-refractivity contribution < 1.29 is 9.18 Å². The molecule has 1 atom stereocenters. The minimum Gasteiger partial charge on any atom is -0.372 e. The van der Waals surface area contributed by atoms with Gasteiger partial charge in [-0.25, -0.2) is 9.37 Å². The molecule has 6 heteroatoms. The molecule has 0 radical (unpaired) electrons. The number of aromatic nitrogens is 1. The molecule has 2 heterocycles. The Morgan fingerprint density at radius 3 is 3.00 bits per heavy atom. The molecule has 0 saturated heterocycles. The highest BCUT2D eigenvalue weighted by Crippen LogP contribution is 2.14. The Hall–Kier alpha value is -1.95. The van der Waals surface area contributed by atoms with Crippen molar-refractivity contribution in [3.63, 3.8) is 0 Å². The molecule has 4 nitrogen and oxygen atoms in total. The highest BCUT2D eigenvalue weighted by molar-refractivity contribution is 7.07. The van der Waals surface area contributed by atoms with E-state index in [1.54, 1.807) is 18.4 Å². The zero-order valence-corrected chi connectivity index (χ0v) is 12.1. The molecule has 106 valence electrons. The fourth-order valence-corrected chi connectivity index (χ4v) is 2.61. The SMILES string of the molecule is CNc1ncc(F)cc1C(=O)NC(C)Cc1ccsc1. The summed E-state index contributed by atoms with van der Waals surface area (Å²) in [7, 11) is 1.64. The normalized spacial score (nSPS) is 11.9. The number of carbonyl (C=O) groups is 1. The average Bonchev–Trinajstić information content (AvgIpc) is 2.91. The third kappa shape index (κ3) is 3.54. The maximum Gasteiger partial charge on any atom is 0.255 e.